The quantitative estimate of drug-likeness (QED) is 0.565. The number of hydrogen-bond acceptors (Lipinski definition) is 3. The first-order valence-electron chi connectivity index (χ1n) is 3.27. The molecular weight excluding hydrogens is 168 g/mol. The molecule has 68 valence electrons. The molecule has 0 heterocycles. The third-order valence-electron chi connectivity index (χ3n) is 1.03. The molecule has 0 aromatic carbocycles. The van der Waals surface area contributed by atoms with Gasteiger partial charge in [-0.1, -0.05) is 0 Å². The van der Waals surface area contributed by atoms with Gasteiger partial charge < -0.3 is 15.8 Å². The van der Waals surface area contributed by atoms with Crippen molar-refractivity contribution in [3.05, 3.63) is 0 Å². The summed E-state index contributed by atoms with van der Waals surface area (Å²) in [6.07, 6.45) is 0.836. The van der Waals surface area contributed by atoms with Crippen LogP contribution in [0.5, 0.6) is 0 Å². The van der Waals surface area contributed by atoms with E-state index in [0.717, 1.165) is 6.42 Å². The summed E-state index contributed by atoms with van der Waals surface area (Å²) in [6.45, 7) is 1.38. The molecule has 0 fully saturated rings. The van der Waals surface area contributed by atoms with Crippen molar-refractivity contribution >= 4 is 18.3 Å². The average molecular weight is 183 g/mol. The number of hydrogen-bond donors (Lipinski definition) is 2. The Balaban J connectivity index is 0. The van der Waals surface area contributed by atoms with E-state index < -0.39 is 0 Å². The number of rotatable bonds is 5. The van der Waals surface area contributed by atoms with Gasteiger partial charge >= 0.3 is 0 Å². The highest BCUT2D eigenvalue weighted by atomic mass is 35.5. The molecule has 0 unspecified atom stereocenters. The van der Waals surface area contributed by atoms with Gasteiger partial charge in [0.25, 0.3) is 0 Å². The molecule has 0 aliphatic carbocycles. The maximum Gasteiger partial charge on any atom is 0.233 e. The highest BCUT2D eigenvalue weighted by Gasteiger charge is 1.93. The number of halogens is 1. The molecule has 0 rings (SSSR count). The van der Waals surface area contributed by atoms with Gasteiger partial charge in [0.05, 0.1) is 6.54 Å². The standard InChI is InChI=1S/C6H14N2O2.ClH/c1-10-4-2-3-8-6(9)5-7;/h2-5,7H2,1H3,(H,8,9);1H. The van der Waals surface area contributed by atoms with Crippen molar-refractivity contribution in [2.45, 2.75) is 6.42 Å². The normalized spacial score (nSPS) is 8.55. The van der Waals surface area contributed by atoms with Crippen molar-refractivity contribution in [1.29, 1.82) is 0 Å². The van der Waals surface area contributed by atoms with Crippen LogP contribution in [0.4, 0.5) is 0 Å². The summed E-state index contributed by atoms with van der Waals surface area (Å²) < 4.78 is 4.77. The third-order valence-corrected chi connectivity index (χ3v) is 1.03. The Bertz CT molecular complexity index is 101. The van der Waals surface area contributed by atoms with Crippen LogP contribution < -0.4 is 11.1 Å². The van der Waals surface area contributed by atoms with Crippen molar-refractivity contribution < 1.29 is 9.53 Å². The maximum absolute atomic E-state index is 10.5. The lowest BCUT2D eigenvalue weighted by Gasteiger charge is -2.01. The summed E-state index contributed by atoms with van der Waals surface area (Å²) >= 11 is 0. The van der Waals surface area contributed by atoms with Gasteiger partial charge in [-0.25, -0.2) is 0 Å². The van der Waals surface area contributed by atoms with E-state index >= 15 is 0 Å². The molecule has 0 atom stereocenters. The highest BCUT2D eigenvalue weighted by molar-refractivity contribution is 5.85. The zero-order chi connectivity index (χ0) is 7.82. The van der Waals surface area contributed by atoms with Crippen molar-refractivity contribution in [2.24, 2.45) is 5.73 Å². The fourth-order valence-electron chi connectivity index (χ4n) is 0.516. The van der Waals surface area contributed by atoms with Crippen molar-refractivity contribution in [2.75, 3.05) is 26.8 Å². The van der Waals surface area contributed by atoms with Gasteiger partial charge in [-0.3, -0.25) is 4.79 Å². The van der Waals surface area contributed by atoms with Crippen LogP contribution in [0.3, 0.4) is 0 Å². The molecule has 5 heteroatoms. The zero-order valence-electron chi connectivity index (χ0n) is 6.63. The number of carbonyl (C=O) groups is 1. The zero-order valence-corrected chi connectivity index (χ0v) is 7.45. The summed E-state index contributed by atoms with van der Waals surface area (Å²) in [4.78, 5) is 10.5. The number of methoxy groups -OCH3 is 1. The van der Waals surface area contributed by atoms with Crippen LogP contribution in [0.2, 0.25) is 0 Å². The second kappa shape index (κ2) is 9.68. The monoisotopic (exact) mass is 182 g/mol. The smallest absolute Gasteiger partial charge is 0.233 e. The Hall–Kier alpha value is -0.320. The Kier molecular flexibility index (Phi) is 11.7. The molecule has 0 spiro atoms. The van der Waals surface area contributed by atoms with Crippen LogP contribution in [0.25, 0.3) is 0 Å². The molecule has 0 radical (unpaired) electrons. The van der Waals surface area contributed by atoms with Crippen LogP contribution in [0.1, 0.15) is 6.42 Å². The van der Waals surface area contributed by atoms with Crippen LogP contribution in [0.15, 0.2) is 0 Å². The summed E-state index contributed by atoms with van der Waals surface area (Å²) in [6, 6.07) is 0. The third kappa shape index (κ3) is 9.68. The minimum Gasteiger partial charge on any atom is -0.385 e. The molecule has 0 aromatic heterocycles. The van der Waals surface area contributed by atoms with Gasteiger partial charge in [-0.05, 0) is 6.42 Å². The number of amides is 1. The predicted octanol–water partition coefficient (Wildman–Crippen LogP) is -0.480. The second-order valence-corrected chi connectivity index (χ2v) is 1.90. The number of nitrogens with one attached hydrogen (secondary N) is 1. The van der Waals surface area contributed by atoms with Gasteiger partial charge in [0.2, 0.25) is 5.91 Å². The molecular formula is C6H15ClN2O2. The van der Waals surface area contributed by atoms with Gasteiger partial charge in [-0.15, -0.1) is 12.4 Å². The van der Waals surface area contributed by atoms with E-state index in [2.05, 4.69) is 5.32 Å². The van der Waals surface area contributed by atoms with Crippen LogP contribution >= 0.6 is 12.4 Å². The van der Waals surface area contributed by atoms with E-state index in [0.29, 0.717) is 13.2 Å². The highest BCUT2D eigenvalue weighted by Crippen LogP contribution is 1.75. The molecule has 3 N–H and O–H groups in total. The van der Waals surface area contributed by atoms with E-state index in [1.807, 2.05) is 0 Å². The average Bonchev–Trinajstić information content (AvgIpc) is 1.98. The van der Waals surface area contributed by atoms with Crippen LogP contribution in [-0.4, -0.2) is 32.7 Å². The van der Waals surface area contributed by atoms with Crippen molar-refractivity contribution in [3.63, 3.8) is 0 Å². The first-order chi connectivity index (χ1) is 4.81. The van der Waals surface area contributed by atoms with Crippen LogP contribution in [0, 0.1) is 0 Å². The molecule has 0 aliphatic rings. The largest absolute Gasteiger partial charge is 0.385 e. The second-order valence-electron chi connectivity index (χ2n) is 1.90. The Morgan fingerprint density at radius 1 is 1.64 bits per heavy atom. The van der Waals surface area contributed by atoms with Gasteiger partial charge in [0.15, 0.2) is 0 Å². The van der Waals surface area contributed by atoms with E-state index in [1.165, 1.54) is 0 Å². The maximum atomic E-state index is 10.5. The minimum absolute atomic E-state index is 0. The summed E-state index contributed by atoms with van der Waals surface area (Å²) in [7, 11) is 1.63. The predicted molar refractivity (Wildman–Crippen MR) is 45.8 cm³/mol. The molecule has 11 heavy (non-hydrogen) atoms. The van der Waals surface area contributed by atoms with Crippen molar-refractivity contribution in [3.8, 4) is 0 Å². The Morgan fingerprint density at radius 3 is 2.73 bits per heavy atom. The van der Waals surface area contributed by atoms with E-state index in [9.17, 15) is 4.79 Å². The summed E-state index contributed by atoms with van der Waals surface area (Å²) in [5.74, 6) is -0.115. The summed E-state index contributed by atoms with van der Waals surface area (Å²) in [5.41, 5.74) is 5.04. The lowest BCUT2D eigenvalue weighted by atomic mass is 10.4. The SMILES string of the molecule is COCCCNC(=O)CN.Cl. The molecule has 0 bridgehead atoms. The Morgan fingerprint density at radius 2 is 2.27 bits per heavy atom. The lowest BCUT2D eigenvalue weighted by molar-refractivity contribution is -0.119. The van der Waals surface area contributed by atoms with Crippen molar-refractivity contribution in [1.82, 2.24) is 5.32 Å². The molecule has 0 aromatic rings. The first kappa shape index (κ1) is 13.3. The van der Waals surface area contributed by atoms with E-state index in [-0.39, 0.29) is 24.9 Å². The molecule has 0 aliphatic heterocycles. The van der Waals surface area contributed by atoms with Gasteiger partial charge in [0, 0.05) is 20.3 Å². The minimum atomic E-state index is -0.115. The summed E-state index contributed by atoms with van der Waals surface area (Å²) in [5, 5.41) is 2.62. The van der Waals surface area contributed by atoms with Gasteiger partial charge in [-0.2, -0.15) is 0 Å². The molecule has 0 saturated carbocycles. The number of ether oxygens (including phenoxy) is 1. The number of carbonyl (C=O) groups excluding carboxylic acids is 1. The fourth-order valence-corrected chi connectivity index (χ4v) is 0.516. The molecule has 0 saturated heterocycles. The van der Waals surface area contributed by atoms with E-state index in [4.69, 9.17) is 10.5 Å². The Labute approximate surface area is 72.9 Å². The molecule has 1 amide bonds. The molecule has 4 nitrogen and oxygen atoms in total. The fraction of sp³-hybridized carbons (Fsp3) is 0.833. The first-order valence-corrected chi connectivity index (χ1v) is 3.27. The number of nitrogens with two attached hydrogens (primary N) is 1. The lowest BCUT2D eigenvalue weighted by Crippen LogP contribution is -2.31. The topological polar surface area (TPSA) is 64.3 Å². The van der Waals surface area contributed by atoms with Gasteiger partial charge in [0.1, 0.15) is 0 Å². The van der Waals surface area contributed by atoms with E-state index in [1.54, 1.807) is 7.11 Å². The van der Waals surface area contributed by atoms with Crippen LogP contribution in [-0.2, 0) is 9.53 Å².